The first kappa shape index (κ1) is 19.0. The van der Waals surface area contributed by atoms with Crippen LogP contribution in [0.2, 0.25) is 0 Å². The van der Waals surface area contributed by atoms with Gasteiger partial charge in [0, 0.05) is 7.05 Å². The molecule has 0 saturated heterocycles. The van der Waals surface area contributed by atoms with E-state index in [2.05, 4.69) is 10.2 Å². The monoisotopic (exact) mass is 387 g/mol. The Hall–Kier alpha value is -2.74. The Bertz CT molecular complexity index is 906. The Labute approximate surface area is 161 Å². The van der Waals surface area contributed by atoms with Crippen LogP contribution in [0.15, 0.2) is 50.5 Å². The molecule has 0 radical (unpaired) electrons. The number of amides is 1. The highest BCUT2D eigenvalue weighted by Gasteiger charge is 2.16. The lowest BCUT2D eigenvalue weighted by molar-refractivity contribution is -0.127. The topological polar surface area (TPSA) is 81.6 Å². The van der Waals surface area contributed by atoms with E-state index < -0.39 is 0 Å². The van der Waals surface area contributed by atoms with Gasteiger partial charge in [0.05, 0.1) is 24.5 Å². The molecule has 1 aromatic carbocycles. The standard InChI is InChI=1S/C19H21N3O4S/c1-4-24-16-8-6-5-7-15(16)18-20-21-19(26-18)27-12-17(23)22(3)11-14-10-9-13(2)25-14/h5-10H,4,11-12H2,1-3H3. The molecule has 0 bridgehead atoms. The molecule has 2 aromatic heterocycles. The van der Waals surface area contributed by atoms with Crippen LogP contribution in [0.3, 0.4) is 0 Å². The van der Waals surface area contributed by atoms with Crippen LogP contribution >= 0.6 is 11.8 Å². The predicted octanol–water partition coefficient (Wildman–Crippen LogP) is 3.79. The summed E-state index contributed by atoms with van der Waals surface area (Å²) in [6.45, 7) is 4.75. The summed E-state index contributed by atoms with van der Waals surface area (Å²) in [5, 5.41) is 8.42. The molecule has 2 heterocycles. The zero-order chi connectivity index (χ0) is 19.2. The molecule has 0 fully saturated rings. The lowest BCUT2D eigenvalue weighted by atomic mass is 10.2. The highest BCUT2D eigenvalue weighted by Crippen LogP contribution is 2.30. The van der Waals surface area contributed by atoms with Crippen LogP contribution < -0.4 is 4.74 Å². The molecule has 27 heavy (non-hydrogen) atoms. The van der Waals surface area contributed by atoms with E-state index >= 15 is 0 Å². The fourth-order valence-electron chi connectivity index (χ4n) is 2.43. The number of para-hydroxylation sites is 1. The maximum atomic E-state index is 12.3. The second kappa shape index (κ2) is 8.77. The van der Waals surface area contributed by atoms with E-state index in [9.17, 15) is 4.79 Å². The Kier molecular flexibility index (Phi) is 6.18. The number of carbonyl (C=O) groups excluding carboxylic acids is 1. The zero-order valence-electron chi connectivity index (χ0n) is 15.5. The van der Waals surface area contributed by atoms with Gasteiger partial charge in [-0.3, -0.25) is 4.79 Å². The van der Waals surface area contributed by atoms with Gasteiger partial charge in [-0.2, -0.15) is 0 Å². The summed E-state index contributed by atoms with van der Waals surface area (Å²) >= 11 is 1.20. The fraction of sp³-hybridized carbons (Fsp3) is 0.316. The number of furan rings is 1. The summed E-state index contributed by atoms with van der Waals surface area (Å²) in [5.74, 6) is 2.78. The van der Waals surface area contributed by atoms with Crippen molar-refractivity contribution in [2.45, 2.75) is 25.6 Å². The van der Waals surface area contributed by atoms with Crippen LogP contribution in [0.4, 0.5) is 0 Å². The number of hydrogen-bond donors (Lipinski definition) is 0. The van der Waals surface area contributed by atoms with Crippen molar-refractivity contribution in [3.05, 3.63) is 47.9 Å². The lowest BCUT2D eigenvalue weighted by Gasteiger charge is -2.14. The molecule has 3 rings (SSSR count). The molecule has 7 nitrogen and oxygen atoms in total. The van der Waals surface area contributed by atoms with Crippen molar-refractivity contribution in [2.24, 2.45) is 0 Å². The molecular formula is C19H21N3O4S. The minimum atomic E-state index is -0.0523. The SMILES string of the molecule is CCOc1ccccc1-c1nnc(SCC(=O)N(C)Cc2ccc(C)o2)o1. The number of carbonyl (C=O) groups is 1. The Morgan fingerprint density at radius 1 is 1.19 bits per heavy atom. The van der Waals surface area contributed by atoms with Crippen molar-refractivity contribution in [3.63, 3.8) is 0 Å². The number of benzene rings is 1. The maximum Gasteiger partial charge on any atom is 0.277 e. The van der Waals surface area contributed by atoms with Crippen LogP contribution in [0.25, 0.3) is 11.5 Å². The van der Waals surface area contributed by atoms with Gasteiger partial charge in [-0.05, 0) is 38.1 Å². The van der Waals surface area contributed by atoms with Gasteiger partial charge in [0.25, 0.3) is 11.1 Å². The molecule has 0 unspecified atom stereocenters. The van der Waals surface area contributed by atoms with Gasteiger partial charge in [0.1, 0.15) is 17.3 Å². The lowest BCUT2D eigenvalue weighted by Crippen LogP contribution is -2.27. The first-order valence-electron chi connectivity index (χ1n) is 8.54. The van der Waals surface area contributed by atoms with Crippen molar-refractivity contribution >= 4 is 17.7 Å². The fourth-order valence-corrected chi connectivity index (χ4v) is 3.13. The van der Waals surface area contributed by atoms with E-state index in [1.165, 1.54) is 11.8 Å². The molecule has 0 N–H and O–H groups in total. The quantitative estimate of drug-likeness (QED) is 0.544. The molecule has 0 spiro atoms. The third kappa shape index (κ3) is 4.91. The summed E-state index contributed by atoms with van der Waals surface area (Å²) in [7, 11) is 1.73. The van der Waals surface area contributed by atoms with Crippen molar-refractivity contribution in [1.82, 2.24) is 15.1 Å². The summed E-state index contributed by atoms with van der Waals surface area (Å²) in [4.78, 5) is 13.9. The number of thioether (sulfide) groups is 1. The van der Waals surface area contributed by atoms with Crippen LogP contribution in [0, 0.1) is 6.92 Å². The van der Waals surface area contributed by atoms with Gasteiger partial charge in [0.15, 0.2) is 0 Å². The van der Waals surface area contributed by atoms with Gasteiger partial charge < -0.3 is 18.5 Å². The summed E-state index contributed by atoms with van der Waals surface area (Å²) in [6.07, 6.45) is 0. The number of ether oxygens (including phenoxy) is 1. The van der Waals surface area contributed by atoms with Gasteiger partial charge >= 0.3 is 0 Å². The second-order valence-corrected chi connectivity index (χ2v) is 6.78. The van der Waals surface area contributed by atoms with Crippen LogP contribution in [0.5, 0.6) is 5.75 Å². The molecule has 0 aliphatic rings. The van der Waals surface area contributed by atoms with Crippen LogP contribution in [-0.2, 0) is 11.3 Å². The van der Waals surface area contributed by atoms with Gasteiger partial charge in [-0.15, -0.1) is 10.2 Å². The molecule has 0 aliphatic carbocycles. The van der Waals surface area contributed by atoms with Crippen molar-refractivity contribution < 1.29 is 18.4 Å². The van der Waals surface area contributed by atoms with Crippen molar-refractivity contribution in [2.75, 3.05) is 19.4 Å². The van der Waals surface area contributed by atoms with Gasteiger partial charge in [-0.1, -0.05) is 23.9 Å². The molecule has 0 aliphatic heterocycles. The molecule has 3 aromatic rings. The van der Waals surface area contributed by atoms with E-state index in [1.54, 1.807) is 11.9 Å². The largest absolute Gasteiger partial charge is 0.493 e. The maximum absolute atomic E-state index is 12.3. The normalized spacial score (nSPS) is 10.8. The average molecular weight is 387 g/mol. The number of aromatic nitrogens is 2. The first-order chi connectivity index (χ1) is 13.1. The van der Waals surface area contributed by atoms with E-state index in [0.717, 1.165) is 17.1 Å². The molecule has 0 atom stereocenters. The summed E-state index contributed by atoms with van der Waals surface area (Å²) < 4.78 is 16.8. The minimum Gasteiger partial charge on any atom is -0.493 e. The number of aryl methyl sites for hydroxylation is 1. The van der Waals surface area contributed by atoms with Crippen molar-refractivity contribution in [3.8, 4) is 17.2 Å². The predicted molar refractivity (Wildman–Crippen MR) is 102 cm³/mol. The molecule has 142 valence electrons. The third-order valence-corrected chi connectivity index (χ3v) is 4.56. The number of nitrogens with zero attached hydrogens (tertiary/aromatic N) is 3. The number of hydrogen-bond acceptors (Lipinski definition) is 7. The minimum absolute atomic E-state index is 0.0523. The molecule has 1 amide bonds. The Morgan fingerprint density at radius 2 is 2.00 bits per heavy atom. The highest BCUT2D eigenvalue weighted by molar-refractivity contribution is 7.99. The van der Waals surface area contributed by atoms with E-state index in [1.807, 2.05) is 50.2 Å². The second-order valence-electron chi connectivity index (χ2n) is 5.85. The van der Waals surface area contributed by atoms with Gasteiger partial charge in [-0.25, -0.2) is 0 Å². The molecule has 0 saturated carbocycles. The Balaban J connectivity index is 1.58. The Morgan fingerprint density at radius 3 is 2.74 bits per heavy atom. The van der Waals surface area contributed by atoms with E-state index in [0.29, 0.717) is 30.0 Å². The molecular weight excluding hydrogens is 366 g/mol. The summed E-state index contributed by atoms with van der Waals surface area (Å²) in [5.41, 5.74) is 0.732. The van der Waals surface area contributed by atoms with Gasteiger partial charge in [0.2, 0.25) is 5.91 Å². The van der Waals surface area contributed by atoms with Crippen LogP contribution in [0.1, 0.15) is 18.4 Å². The summed E-state index contributed by atoms with van der Waals surface area (Å²) in [6, 6.07) is 11.2. The smallest absolute Gasteiger partial charge is 0.277 e. The third-order valence-electron chi connectivity index (χ3n) is 3.76. The van der Waals surface area contributed by atoms with Crippen LogP contribution in [-0.4, -0.2) is 40.4 Å². The first-order valence-corrected chi connectivity index (χ1v) is 9.53. The number of rotatable bonds is 8. The zero-order valence-corrected chi connectivity index (χ0v) is 16.3. The van der Waals surface area contributed by atoms with Crippen molar-refractivity contribution in [1.29, 1.82) is 0 Å². The molecule has 8 heteroatoms. The van der Waals surface area contributed by atoms with E-state index in [4.69, 9.17) is 13.6 Å². The average Bonchev–Trinajstić information content (AvgIpc) is 3.29. The highest BCUT2D eigenvalue weighted by atomic mass is 32.2. The van der Waals surface area contributed by atoms with E-state index in [-0.39, 0.29) is 11.7 Å².